The van der Waals surface area contributed by atoms with E-state index in [0.29, 0.717) is 5.82 Å². The molecule has 0 aliphatic heterocycles. The number of nitrogens with zero attached hydrogens (tertiary/aromatic N) is 2. The fourth-order valence-corrected chi connectivity index (χ4v) is 1.91. The van der Waals surface area contributed by atoms with Gasteiger partial charge in [-0.2, -0.15) is 0 Å². The molecule has 106 valence electrons. The number of aliphatic hydroxyl groups excluding tert-OH is 2. The highest BCUT2D eigenvalue weighted by molar-refractivity contribution is 5.88. The van der Waals surface area contributed by atoms with Crippen LogP contribution in [0.5, 0.6) is 0 Å². The van der Waals surface area contributed by atoms with Crippen molar-refractivity contribution in [3.8, 4) is 11.4 Å². The first-order chi connectivity index (χ1) is 9.60. The maximum absolute atomic E-state index is 11.0. The Bertz CT molecular complexity index is 578. The summed E-state index contributed by atoms with van der Waals surface area (Å²) in [5.41, 5.74) is 1.59. The van der Waals surface area contributed by atoms with Crippen molar-refractivity contribution in [3.05, 3.63) is 36.7 Å². The van der Waals surface area contributed by atoms with Crippen molar-refractivity contribution in [1.82, 2.24) is 9.55 Å². The molecule has 0 saturated carbocycles. The predicted octanol–water partition coefficient (Wildman–Crippen LogP) is 0.862. The smallest absolute Gasteiger partial charge is 0.221 e. The molecule has 20 heavy (non-hydrogen) atoms. The van der Waals surface area contributed by atoms with E-state index in [1.54, 1.807) is 29.1 Å². The van der Waals surface area contributed by atoms with E-state index in [1.807, 2.05) is 12.1 Å². The fourth-order valence-electron chi connectivity index (χ4n) is 1.91. The second-order valence-corrected chi connectivity index (χ2v) is 4.50. The molecule has 6 heteroatoms. The number of imidazole rings is 1. The van der Waals surface area contributed by atoms with Gasteiger partial charge in [0.1, 0.15) is 5.82 Å². The van der Waals surface area contributed by atoms with Gasteiger partial charge in [0, 0.05) is 30.6 Å². The van der Waals surface area contributed by atoms with E-state index in [0.717, 1.165) is 11.3 Å². The van der Waals surface area contributed by atoms with E-state index in [-0.39, 0.29) is 19.1 Å². The van der Waals surface area contributed by atoms with E-state index in [4.69, 9.17) is 5.11 Å². The molecule has 3 N–H and O–H groups in total. The Kier molecular flexibility index (Phi) is 4.49. The lowest BCUT2D eigenvalue weighted by Gasteiger charge is -2.11. The van der Waals surface area contributed by atoms with Crippen LogP contribution in [0.3, 0.4) is 0 Å². The average molecular weight is 275 g/mol. The lowest BCUT2D eigenvalue weighted by Crippen LogP contribution is -2.19. The molecule has 1 heterocycles. The summed E-state index contributed by atoms with van der Waals surface area (Å²) in [6.07, 6.45) is 2.57. The number of nitrogens with one attached hydrogen (secondary N) is 1. The third kappa shape index (κ3) is 3.43. The van der Waals surface area contributed by atoms with Gasteiger partial charge >= 0.3 is 0 Å². The zero-order chi connectivity index (χ0) is 14.5. The molecule has 1 aromatic carbocycles. The van der Waals surface area contributed by atoms with Crippen molar-refractivity contribution in [1.29, 1.82) is 0 Å². The standard InChI is InChI=1S/C14H17N3O3/c1-10(19)16-12-4-2-11(3-5-12)14-15-6-7-17(14)8-13(20)9-18/h2-7,13,18,20H,8-9H2,1H3,(H,16,19). The number of amides is 1. The number of benzene rings is 1. The summed E-state index contributed by atoms with van der Waals surface area (Å²) in [6, 6.07) is 7.27. The second-order valence-electron chi connectivity index (χ2n) is 4.50. The number of hydrogen-bond acceptors (Lipinski definition) is 4. The van der Waals surface area contributed by atoms with Gasteiger partial charge in [0.25, 0.3) is 0 Å². The SMILES string of the molecule is CC(=O)Nc1ccc(-c2nccn2CC(O)CO)cc1. The number of carbonyl (C=O) groups excluding carboxylic acids is 1. The van der Waals surface area contributed by atoms with Crippen molar-refractivity contribution < 1.29 is 15.0 Å². The monoisotopic (exact) mass is 275 g/mol. The average Bonchev–Trinajstić information content (AvgIpc) is 2.87. The summed E-state index contributed by atoms with van der Waals surface area (Å²) in [4.78, 5) is 15.2. The minimum atomic E-state index is -0.818. The highest BCUT2D eigenvalue weighted by atomic mass is 16.3. The van der Waals surface area contributed by atoms with E-state index in [9.17, 15) is 9.90 Å². The van der Waals surface area contributed by atoms with Crippen molar-refractivity contribution in [3.63, 3.8) is 0 Å². The van der Waals surface area contributed by atoms with Crippen LogP contribution in [0, 0.1) is 0 Å². The van der Waals surface area contributed by atoms with Gasteiger partial charge in [0.15, 0.2) is 0 Å². The first-order valence-electron chi connectivity index (χ1n) is 6.28. The van der Waals surface area contributed by atoms with E-state index in [1.165, 1.54) is 6.92 Å². The van der Waals surface area contributed by atoms with Crippen LogP contribution in [0.25, 0.3) is 11.4 Å². The largest absolute Gasteiger partial charge is 0.394 e. The highest BCUT2D eigenvalue weighted by Gasteiger charge is 2.09. The zero-order valence-electron chi connectivity index (χ0n) is 11.2. The molecule has 0 bridgehead atoms. The van der Waals surface area contributed by atoms with Gasteiger partial charge in [-0.1, -0.05) is 0 Å². The summed E-state index contributed by atoms with van der Waals surface area (Å²) in [7, 11) is 0. The van der Waals surface area contributed by atoms with Crippen LogP contribution < -0.4 is 5.32 Å². The van der Waals surface area contributed by atoms with Crippen LogP contribution in [0.15, 0.2) is 36.7 Å². The summed E-state index contributed by atoms with van der Waals surface area (Å²) >= 11 is 0. The van der Waals surface area contributed by atoms with Crippen LogP contribution in [0.4, 0.5) is 5.69 Å². The molecular weight excluding hydrogens is 258 g/mol. The van der Waals surface area contributed by atoms with Gasteiger partial charge in [-0.15, -0.1) is 0 Å². The molecule has 0 fully saturated rings. The fraction of sp³-hybridized carbons (Fsp3) is 0.286. The number of rotatable bonds is 5. The molecular formula is C14H17N3O3. The first-order valence-corrected chi connectivity index (χ1v) is 6.28. The lowest BCUT2D eigenvalue weighted by atomic mass is 10.2. The predicted molar refractivity (Wildman–Crippen MR) is 75.1 cm³/mol. The Hall–Kier alpha value is -2.18. The number of aliphatic hydroxyl groups is 2. The van der Waals surface area contributed by atoms with Crippen molar-refractivity contribution in [2.45, 2.75) is 19.6 Å². The molecule has 0 aliphatic carbocycles. The van der Waals surface area contributed by atoms with Gasteiger partial charge in [-0.3, -0.25) is 4.79 Å². The Morgan fingerprint density at radius 3 is 2.70 bits per heavy atom. The third-order valence-electron chi connectivity index (χ3n) is 2.80. The van der Waals surface area contributed by atoms with E-state index in [2.05, 4.69) is 10.3 Å². The van der Waals surface area contributed by atoms with Crippen molar-refractivity contribution in [2.75, 3.05) is 11.9 Å². The molecule has 1 unspecified atom stereocenters. The Morgan fingerprint density at radius 2 is 2.10 bits per heavy atom. The van der Waals surface area contributed by atoms with Gasteiger partial charge in [0.2, 0.25) is 5.91 Å². The quantitative estimate of drug-likeness (QED) is 0.755. The van der Waals surface area contributed by atoms with Crippen LogP contribution in [-0.2, 0) is 11.3 Å². The van der Waals surface area contributed by atoms with Crippen LogP contribution in [0.2, 0.25) is 0 Å². The first kappa shape index (κ1) is 14.2. The maximum Gasteiger partial charge on any atom is 0.221 e. The van der Waals surface area contributed by atoms with Gasteiger partial charge in [-0.05, 0) is 24.3 Å². The van der Waals surface area contributed by atoms with Crippen molar-refractivity contribution in [2.24, 2.45) is 0 Å². The summed E-state index contributed by atoms with van der Waals surface area (Å²) < 4.78 is 1.77. The second kappa shape index (κ2) is 6.31. The Morgan fingerprint density at radius 1 is 1.40 bits per heavy atom. The summed E-state index contributed by atoms with van der Waals surface area (Å²) in [6.45, 7) is 1.44. The highest BCUT2D eigenvalue weighted by Crippen LogP contribution is 2.20. The molecule has 6 nitrogen and oxygen atoms in total. The lowest BCUT2D eigenvalue weighted by molar-refractivity contribution is -0.114. The zero-order valence-corrected chi connectivity index (χ0v) is 11.2. The summed E-state index contributed by atoms with van der Waals surface area (Å²) in [5, 5.41) is 21.1. The molecule has 0 spiro atoms. The van der Waals surface area contributed by atoms with Crippen molar-refractivity contribution >= 4 is 11.6 Å². The topological polar surface area (TPSA) is 87.4 Å². The number of anilines is 1. The Labute approximate surface area is 116 Å². The van der Waals surface area contributed by atoms with Gasteiger partial charge in [0.05, 0.1) is 19.3 Å². The molecule has 2 rings (SSSR count). The van der Waals surface area contributed by atoms with Crippen LogP contribution >= 0.6 is 0 Å². The van der Waals surface area contributed by atoms with Gasteiger partial charge < -0.3 is 20.1 Å². The van der Waals surface area contributed by atoms with Crippen LogP contribution in [0.1, 0.15) is 6.92 Å². The molecule has 1 atom stereocenters. The molecule has 1 aromatic heterocycles. The Balaban J connectivity index is 2.19. The van der Waals surface area contributed by atoms with E-state index < -0.39 is 6.10 Å². The minimum absolute atomic E-state index is 0.120. The molecule has 2 aromatic rings. The van der Waals surface area contributed by atoms with Crippen LogP contribution in [-0.4, -0.2) is 38.4 Å². The molecule has 1 amide bonds. The molecule has 0 radical (unpaired) electrons. The number of hydrogen-bond donors (Lipinski definition) is 3. The molecule has 0 aliphatic rings. The summed E-state index contributed by atoms with van der Waals surface area (Å²) in [5.74, 6) is 0.581. The van der Waals surface area contributed by atoms with E-state index >= 15 is 0 Å². The molecule has 0 saturated heterocycles. The number of aromatic nitrogens is 2. The number of carbonyl (C=O) groups is 1. The van der Waals surface area contributed by atoms with Gasteiger partial charge in [-0.25, -0.2) is 4.98 Å². The minimum Gasteiger partial charge on any atom is -0.394 e. The normalized spacial score (nSPS) is 12.2. The third-order valence-corrected chi connectivity index (χ3v) is 2.80. The maximum atomic E-state index is 11.0.